The van der Waals surface area contributed by atoms with Crippen molar-refractivity contribution in [3.63, 3.8) is 0 Å². The molecule has 0 N–H and O–H groups in total. The molecule has 0 aliphatic rings. The number of aryl methyl sites for hydroxylation is 2. The van der Waals surface area contributed by atoms with Crippen molar-refractivity contribution < 1.29 is 0 Å². The summed E-state index contributed by atoms with van der Waals surface area (Å²) in [6.07, 6.45) is 0. The van der Waals surface area contributed by atoms with E-state index in [0.717, 1.165) is 10.4 Å². The van der Waals surface area contributed by atoms with Gasteiger partial charge in [0.15, 0.2) is 0 Å². The zero-order valence-corrected chi connectivity index (χ0v) is 8.52. The van der Waals surface area contributed by atoms with Gasteiger partial charge in [0.25, 0.3) is 0 Å². The average Bonchev–Trinajstić information content (AvgIpc) is 2.06. The van der Waals surface area contributed by atoms with E-state index in [0.29, 0.717) is 0 Å². The molecule has 0 atom stereocenters. The van der Waals surface area contributed by atoms with Crippen molar-refractivity contribution in [2.45, 2.75) is 13.8 Å². The summed E-state index contributed by atoms with van der Waals surface area (Å²) in [5.74, 6) is 0. The molecule has 0 bridgehead atoms. The van der Waals surface area contributed by atoms with Gasteiger partial charge in [0.05, 0.1) is 0 Å². The number of hydrogen-bond donors (Lipinski definition) is 0. The zero-order valence-electron chi connectivity index (χ0n) is 7.76. The first-order valence-electron chi connectivity index (χ1n) is 4.33. The fourth-order valence-corrected chi connectivity index (χ4v) is 1.90. The van der Waals surface area contributed by atoms with Crippen LogP contribution in [0.25, 0.3) is 10.8 Å². The maximum Gasteiger partial charge on any atom is 0.0487 e. The molecule has 0 spiro atoms. The van der Waals surface area contributed by atoms with Gasteiger partial charge in [-0.15, -0.1) is 0 Å². The van der Waals surface area contributed by atoms with Crippen LogP contribution in [0.2, 0.25) is 5.02 Å². The SMILES string of the molecule is Cc1cc(Cl)c2cc(C)ccc2c1. The van der Waals surface area contributed by atoms with Gasteiger partial charge in [-0.2, -0.15) is 0 Å². The molecule has 0 unspecified atom stereocenters. The van der Waals surface area contributed by atoms with Crippen molar-refractivity contribution in [1.82, 2.24) is 0 Å². The maximum atomic E-state index is 6.13. The number of benzene rings is 2. The zero-order chi connectivity index (χ0) is 9.42. The van der Waals surface area contributed by atoms with Crippen LogP contribution in [-0.2, 0) is 0 Å². The van der Waals surface area contributed by atoms with E-state index < -0.39 is 0 Å². The molecule has 0 saturated heterocycles. The Kier molecular flexibility index (Phi) is 2.01. The van der Waals surface area contributed by atoms with Gasteiger partial charge in [0.1, 0.15) is 0 Å². The van der Waals surface area contributed by atoms with Crippen LogP contribution in [0.3, 0.4) is 0 Å². The largest absolute Gasteiger partial charge is 0.0837 e. The molecule has 0 radical (unpaired) electrons. The Morgan fingerprint density at radius 2 is 1.69 bits per heavy atom. The van der Waals surface area contributed by atoms with Crippen molar-refractivity contribution in [3.05, 3.63) is 46.5 Å². The molecule has 0 saturated carbocycles. The molecule has 0 fully saturated rings. The van der Waals surface area contributed by atoms with E-state index in [2.05, 4.69) is 38.1 Å². The molecule has 1 heteroatoms. The highest BCUT2D eigenvalue weighted by Gasteiger charge is 1.99. The van der Waals surface area contributed by atoms with Gasteiger partial charge in [-0.3, -0.25) is 0 Å². The summed E-state index contributed by atoms with van der Waals surface area (Å²) in [4.78, 5) is 0. The summed E-state index contributed by atoms with van der Waals surface area (Å²) in [6.45, 7) is 4.14. The molecule has 66 valence electrons. The highest BCUT2D eigenvalue weighted by Crippen LogP contribution is 2.25. The first kappa shape index (κ1) is 8.58. The van der Waals surface area contributed by atoms with Crippen LogP contribution in [-0.4, -0.2) is 0 Å². The molecule has 13 heavy (non-hydrogen) atoms. The van der Waals surface area contributed by atoms with Crippen molar-refractivity contribution in [2.75, 3.05) is 0 Å². The third-order valence-electron chi connectivity index (χ3n) is 2.20. The molecular formula is C12H11Cl. The average molecular weight is 191 g/mol. The predicted molar refractivity (Wildman–Crippen MR) is 58.4 cm³/mol. The quantitative estimate of drug-likeness (QED) is 0.587. The number of hydrogen-bond acceptors (Lipinski definition) is 0. The molecule has 2 aromatic carbocycles. The molecule has 2 rings (SSSR count). The monoisotopic (exact) mass is 190 g/mol. The van der Waals surface area contributed by atoms with Crippen LogP contribution in [0, 0.1) is 13.8 Å². The van der Waals surface area contributed by atoms with Crippen LogP contribution in [0.4, 0.5) is 0 Å². The summed E-state index contributed by atoms with van der Waals surface area (Å²) < 4.78 is 0. The minimum atomic E-state index is 0.846. The van der Waals surface area contributed by atoms with Crippen molar-refractivity contribution >= 4 is 22.4 Å². The van der Waals surface area contributed by atoms with Crippen LogP contribution >= 0.6 is 11.6 Å². The third kappa shape index (κ3) is 1.54. The molecular weight excluding hydrogens is 180 g/mol. The van der Waals surface area contributed by atoms with Crippen molar-refractivity contribution in [3.8, 4) is 0 Å². The van der Waals surface area contributed by atoms with E-state index in [4.69, 9.17) is 11.6 Å². The lowest BCUT2D eigenvalue weighted by molar-refractivity contribution is 1.47. The predicted octanol–water partition coefficient (Wildman–Crippen LogP) is 4.11. The van der Waals surface area contributed by atoms with Gasteiger partial charge in [0, 0.05) is 10.4 Å². The minimum absolute atomic E-state index is 0.846. The van der Waals surface area contributed by atoms with Gasteiger partial charge in [-0.1, -0.05) is 35.4 Å². The second kappa shape index (κ2) is 3.04. The number of halogens is 1. The van der Waals surface area contributed by atoms with E-state index in [-0.39, 0.29) is 0 Å². The molecule has 0 aromatic heterocycles. The maximum absolute atomic E-state index is 6.13. The first-order chi connectivity index (χ1) is 6.16. The molecule has 0 amide bonds. The number of fused-ring (bicyclic) bond motifs is 1. The van der Waals surface area contributed by atoms with Gasteiger partial charge in [-0.05, 0) is 36.9 Å². The Hall–Kier alpha value is -1.01. The normalized spacial score (nSPS) is 10.7. The fourth-order valence-electron chi connectivity index (χ4n) is 1.57. The minimum Gasteiger partial charge on any atom is -0.0837 e. The smallest absolute Gasteiger partial charge is 0.0487 e. The Balaban J connectivity index is 2.87. The van der Waals surface area contributed by atoms with E-state index in [1.165, 1.54) is 16.5 Å². The fraction of sp³-hybridized carbons (Fsp3) is 0.167. The summed E-state index contributed by atoms with van der Waals surface area (Å²) in [7, 11) is 0. The molecule has 0 heterocycles. The third-order valence-corrected chi connectivity index (χ3v) is 2.52. The molecule has 0 aliphatic carbocycles. The number of rotatable bonds is 0. The lowest BCUT2D eigenvalue weighted by atomic mass is 10.1. The molecule has 0 nitrogen and oxygen atoms in total. The van der Waals surface area contributed by atoms with Gasteiger partial charge >= 0.3 is 0 Å². The van der Waals surface area contributed by atoms with Crippen LogP contribution in [0.15, 0.2) is 30.3 Å². The Morgan fingerprint density at radius 3 is 2.46 bits per heavy atom. The summed E-state index contributed by atoms with van der Waals surface area (Å²) in [5.41, 5.74) is 2.46. The highest BCUT2D eigenvalue weighted by molar-refractivity contribution is 6.35. The van der Waals surface area contributed by atoms with Crippen molar-refractivity contribution in [1.29, 1.82) is 0 Å². The first-order valence-corrected chi connectivity index (χ1v) is 4.71. The Bertz CT molecular complexity index is 458. The topological polar surface area (TPSA) is 0 Å². The van der Waals surface area contributed by atoms with E-state index >= 15 is 0 Å². The second-order valence-corrected chi connectivity index (χ2v) is 3.88. The van der Waals surface area contributed by atoms with E-state index in [1.807, 2.05) is 6.07 Å². The van der Waals surface area contributed by atoms with E-state index in [1.54, 1.807) is 0 Å². The summed E-state index contributed by atoms with van der Waals surface area (Å²) >= 11 is 6.13. The molecule has 0 aliphatic heterocycles. The van der Waals surface area contributed by atoms with Gasteiger partial charge in [0.2, 0.25) is 0 Å². The van der Waals surface area contributed by atoms with Crippen LogP contribution in [0.5, 0.6) is 0 Å². The second-order valence-electron chi connectivity index (χ2n) is 3.47. The summed E-state index contributed by atoms with van der Waals surface area (Å²) in [6, 6.07) is 10.5. The summed E-state index contributed by atoms with van der Waals surface area (Å²) in [5, 5.41) is 3.21. The Morgan fingerprint density at radius 1 is 0.923 bits per heavy atom. The van der Waals surface area contributed by atoms with Crippen LogP contribution in [0.1, 0.15) is 11.1 Å². The van der Waals surface area contributed by atoms with Gasteiger partial charge < -0.3 is 0 Å². The van der Waals surface area contributed by atoms with E-state index in [9.17, 15) is 0 Å². The highest BCUT2D eigenvalue weighted by atomic mass is 35.5. The van der Waals surface area contributed by atoms with Crippen LogP contribution < -0.4 is 0 Å². The standard InChI is InChI=1S/C12H11Cl/c1-8-3-4-10-5-9(2)7-12(13)11(10)6-8/h3-7H,1-2H3. The van der Waals surface area contributed by atoms with Crippen molar-refractivity contribution in [2.24, 2.45) is 0 Å². The lowest BCUT2D eigenvalue weighted by Crippen LogP contribution is -1.79. The Labute approximate surface area is 83.1 Å². The lowest BCUT2D eigenvalue weighted by Gasteiger charge is -2.03. The molecule has 2 aromatic rings. The van der Waals surface area contributed by atoms with Gasteiger partial charge in [-0.25, -0.2) is 0 Å².